The van der Waals surface area contributed by atoms with Crippen LogP contribution < -0.4 is 4.74 Å². The lowest BCUT2D eigenvalue weighted by Crippen LogP contribution is -2.18. The molecule has 0 spiro atoms. The summed E-state index contributed by atoms with van der Waals surface area (Å²) in [6.45, 7) is 4.39. The molecule has 2 rings (SSSR count). The maximum absolute atomic E-state index is 11.9. The first kappa shape index (κ1) is 17.0. The fourth-order valence-electron chi connectivity index (χ4n) is 2.40. The summed E-state index contributed by atoms with van der Waals surface area (Å²) in [6, 6.07) is 13.6. The third-order valence-electron chi connectivity index (χ3n) is 3.72. The number of rotatable bonds is 6. The zero-order valence-corrected chi connectivity index (χ0v) is 14.0. The highest BCUT2D eigenvalue weighted by atomic mass is 16.6. The van der Waals surface area contributed by atoms with Crippen molar-refractivity contribution >= 4 is 5.97 Å². The molecule has 4 heteroatoms. The molecule has 0 amide bonds. The van der Waals surface area contributed by atoms with E-state index in [1.54, 1.807) is 0 Å². The minimum absolute atomic E-state index is 0.358. The summed E-state index contributed by atoms with van der Waals surface area (Å²) in [5.74, 6) is 0.415. The average molecular weight is 314 g/mol. The quantitative estimate of drug-likeness (QED) is 0.762. The molecule has 122 valence electrons. The van der Waals surface area contributed by atoms with Crippen molar-refractivity contribution < 1.29 is 19.0 Å². The van der Waals surface area contributed by atoms with Crippen LogP contribution in [0.2, 0.25) is 0 Å². The second-order valence-electron chi connectivity index (χ2n) is 5.40. The van der Waals surface area contributed by atoms with Crippen LogP contribution in [0.5, 0.6) is 5.75 Å². The number of methoxy groups -OCH3 is 2. The van der Waals surface area contributed by atoms with Crippen LogP contribution in [-0.4, -0.2) is 20.2 Å². The van der Waals surface area contributed by atoms with E-state index in [0.29, 0.717) is 6.61 Å². The van der Waals surface area contributed by atoms with Gasteiger partial charge in [-0.1, -0.05) is 36.4 Å². The van der Waals surface area contributed by atoms with Gasteiger partial charge in [0.1, 0.15) is 12.4 Å². The van der Waals surface area contributed by atoms with E-state index in [9.17, 15) is 4.79 Å². The van der Waals surface area contributed by atoms with Gasteiger partial charge in [-0.15, -0.1) is 0 Å². The maximum Gasteiger partial charge on any atom is 0.339 e. The Hall–Kier alpha value is -2.33. The van der Waals surface area contributed by atoms with Crippen LogP contribution in [0.15, 0.2) is 42.5 Å². The lowest BCUT2D eigenvalue weighted by Gasteiger charge is -2.18. The van der Waals surface area contributed by atoms with Gasteiger partial charge in [0.05, 0.1) is 7.11 Å². The Kier molecular flexibility index (Phi) is 5.77. The third-order valence-corrected chi connectivity index (χ3v) is 3.72. The number of hydrogen-bond donors (Lipinski definition) is 0. The number of esters is 1. The molecule has 4 nitrogen and oxygen atoms in total. The standard InChI is InChI=1S/C19H22O4/c1-13-9-10-14(2)17(11-13)23-12-15-7-5-6-8-16(15)18(21-3)19(20)22-4/h5-11,18H,12H2,1-4H3. The molecule has 2 aromatic carbocycles. The van der Waals surface area contributed by atoms with Crippen molar-refractivity contribution in [1.29, 1.82) is 0 Å². The monoisotopic (exact) mass is 314 g/mol. The molecule has 0 aliphatic carbocycles. The normalized spacial score (nSPS) is 11.8. The molecule has 23 heavy (non-hydrogen) atoms. The predicted molar refractivity (Wildman–Crippen MR) is 88.5 cm³/mol. The summed E-state index contributed by atoms with van der Waals surface area (Å²) in [7, 11) is 2.84. The van der Waals surface area contributed by atoms with Gasteiger partial charge < -0.3 is 14.2 Å². The lowest BCUT2D eigenvalue weighted by atomic mass is 10.0. The van der Waals surface area contributed by atoms with Crippen molar-refractivity contribution in [1.82, 2.24) is 0 Å². The van der Waals surface area contributed by atoms with Crippen molar-refractivity contribution in [2.45, 2.75) is 26.6 Å². The van der Waals surface area contributed by atoms with Gasteiger partial charge in [-0.05, 0) is 42.2 Å². The molecule has 0 aliphatic heterocycles. The largest absolute Gasteiger partial charge is 0.489 e. The second-order valence-corrected chi connectivity index (χ2v) is 5.40. The Bertz CT molecular complexity index is 679. The average Bonchev–Trinajstić information content (AvgIpc) is 2.57. The van der Waals surface area contributed by atoms with Gasteiger partial charge >= 0.3 is 5.97 Å². The molecule has 0 aliphatic rings. The molecule has 0 aromatic heterocycles. The van der Waals surface area contributed by atoms with Gasteiger partial charge in [-0.25, -0.2) is 4.79 Å². The van der Waals surface area contributed by atoms with E-state index in [1.165, 1.54) is 14.2 Å². The van der Waals surface area contributed by atoms with Crippen molar-refractivity contribution in [2.75, 3.05) is 14.2 Å². The topological polar surface area (TPSA) is 44.8 Å². The van der Waals surface area contributed by atoms with Crippen LogP contribution in [-0.2, 0) is 20.9 Å². The van der Waals surface area contributed by atoms with E-state index >= 15 is 0 Å². The van der Waals surface area contributed by atoms with E-state index in [-0.39, 0.29) is 0 Å². The van der Waals surface area contributed by atoms with Gasteiger partial charge in [0.2, 0.25) is 0 Å². The SMILES string of the molecule is COC(=O)C(OC)c1ccccc1COc1cc(C)ccc1C. The van der Waals surface area contributed by atoms with Crippen molar-refractivity contribution in [3.63, 3.8) is 0 Å². The molecule has 0 saturated carbocycles. The van der Waals surface area contributed by atoms with Gasteiger partial charge in [0.15, 0.2) is 6.10 Å². The number of benzene rings is 2. The van der Waals surface area contributed by atoms with Gasteiger partial charge in [-0.2, -0.15) is 0 Å². The zero-order valence-electron chi connectivity index (χ0n) is 14.0. The molecule has 0 fully saturated rings. The highest BCUT2D eigenvalue weighted by molar-refractivity contribution is 5.77. The fourth-order valence-corrected chi connectivity index (χ4v) is 2.40. The number of carbonyl (C=O) groups excluding carboxylic acids is 1. The van der Waals surface area contributed by atoms with Gasteiger partial charge in [0.25, 0.3) is 0 Å². The molecular weight excluding hydrogens is 292 g/mol. The molecule has 0 N–H and O–H groups in total. The maximum atomic E-state index is 11.9. The zero-order chi connectivity index (χ0) is 16.8. The van der Waals surface area contributed by atoms with Crippen LogP contribution in [0.3, 0.4) is 0 Å². The number of aryl methyl sites for hydroxylation is 2. The van der Waals surface area contributed by atoms with Crippen molar-refractivity contribution in [3.8, 4) is 5.75 Å². The van der Waals surface area contributed by atoms with Gasteiger partial charge in [0, 0.05) is 7.11 Å². The molecule has 1 atom stereocenters. The molecule has 0 heterocycles. The summed E-state index contributed by atoms with van der Waals surface area (Å²) in [5.41, 5.74) is 3.87. The number of ether oxygens (including phenoxy) is 3. The summed E-state index contributed by atoms with van der Waals surface area (Å²) in [6.07, 6.45) is -0.751. The van der Waals surface area contributed by atoms with Gasteiger partial charge in [-0.3, -0.25) is 0 Å². The minimum Gasteiger partial charge on any atom is -0.489 e. The summed E-state index contributed by atoms with van der Waals surface area (Å²) >= 11 is 0. The smallest absolute Gasteiger partial charge is 0.339 e. The molecular formula is C19H22O4. The Balaban J connectivity index is 2.23. The minimum atomic E-state index is -0.751. The Labute approximate surface area is 137 Å². The summed E-state index contributed by atoms with van der Waals surface area (Å²) < 4.78 is 16.0. The highest BCUT2D eigenvalue weighted by Crippen LogP contribution is 2.25. The lowest BCUT2D eigenvalue weighted by molar-refractivity contribution is -0.152. The van der Waals surface area contributed by atoms with E-state index in [4.69, 9.17) is 14.2 Å². The van der Waals surface area contributed by atoms with Crippen molar-refractivity contribution in [2.24, 2.45) is 0 Å². The molecule has 0 saturated heterocycles. The predicted octanol–water partition coefficient (Wildman–Crippen LogP) is 3.74. The highest BCUT2D eigenvalue weighted by Gasteiger charge is 2.23. The molecule has 0 bridgehead atoms. The first-order valence-corrected chi connectivity index (χ1v) is 7.45. The van der Waals surface area contributed by atoms with Crippen LogP contribution >= 0.6 is 0 Å². The Morgan fingerprint density at radius 2 is 1.83 bits per heavy atom. The second kappa shape index (κ2) is 7.79. The summed E-state index contributed by atoms with van der Waals surface area (Å²) in [5, 5.41) is 0. The van der Waals surface area contributed by atoms with Crippen LogP contribution in [0.25, 0.3) is 0 Å². The van der Waals surface area contributed by atoms with Crippen LogP contribution in [0, 0.1) is 13.8 Å². The Morgan fingerprint density at radius 3 is 2.52 bits per heavy atom. The molecule has 0 radical (unpaired) electrons. The Morgan fingerprint density at radius 1 is 1.09 bits per heavy atom. The third kappa shape index (κ3) is 4.11. The van der Waals surface area contributed by atoms with E-state index in [2.05, 4.69) is 0 Å². The van der Waals surface area contributed by atoms with E-state index in [1.807, 2.05) is 56.3 Å². The molecule has 2 aromatic rings. The first-order valence-electron chi connectivity index (χ1n) is 7.45. The number of carbonyl (C=O) groups is 1. The molecule has 1 unspecified atom stereocenters. The van der Waals surface area contributed by atoms with Crippen LogP contribution in [0.4, 0.5) is 0 Å². The fraction of sp³-hybridized carbons (Fsp3) is 0.316. The summed E-state index contributed by atoms with van der Waals surface area (Å²) in [4.78, 5) is 11.9. The van der Waals surface area contributed by atoms with Crippen molar-refractivity contribution in [3.05, 3.63) is 64.7 Å². The number of hydrogen-bond acceptors (Lipinski definition) is 4. The first-order chi connectivity index (χ1) is 11.1. The van der Waals surface area contributed by atoms with E-state index in [0.717, 1.165) is 28.0 Å². The van der Waals surface area contributed by atoms with Crippen LogP contribution in [0.1, 0.15) is 28.4 Å². The van der Waals surface area contributed by atoms with E-state index < -0.39 is 12.1 Å².